The first-order valence-electron chi connectivity index (χ1n) is 6.65. The Morgan fingerprint density at radius 1 is 1.29 bits per heavy atom. The van der Waals surface area contributed by atoms with Gasteiger partial charge < -0.3 is 4.90 Å². The summed E-state index contributed by atoms with van der Waals surface area (Å²) >= 11 is 0. The van der Waals surface area contributed by atoms with Crippen LogP contribution in [0.4, 0.5) is 0 Å². The molecule has 0 unspecified atom stereocenters. The molecule has 0 N–H and O–H groups in total. The first-order chi connectivity index (χ1) is 8.36. The van der Waals surface area contributed by atoms with Gasteiger partial charge in [0.2, 0.25) is 6.41 Å². The van der Waals surface area contributed by atoms with Gasteiger partial charge in [-0.15, -0.1) is 0 Å². The summed E-state index contributed by atoms with van der Waals surface area (Å²) in [7, 11) is 0. The van der Waals surface area contributed by atoms with Gasteiger partial charge in [-0.25, -0.2) is 0 Å². The average molecular weight is 231 g/mol. The Morgan fingerprint density at radius 3 is 2.88 bits per heavy atom. The van der Waals surface area contributed by atoms with Crippen molar-refractivity contribution in [2.24, 2.45) is 0 Å². The van der Waals surface area contributed by atoms with Crippen molar-refractivity contribution in [3.05, 3.63) is 35.4 Å². The van der Waals surface area contributed by atoms with E-state index in [9.17, 15) is 4.79 Å². The number of aryl methyl sites for hydroxylation is 1. The standard InChI is InChI=1S/C15H21NO/c1-2-13-8-5-6-9-14(13)15-10-4-3-7-11-16(15)12-17/h5-6,8-9,12,15H,2-4,7,10-11H2,1H3/t15-/m0/s1. The van der Waals surface area contributed by atoms with E-state index in [1.165, 1.54) is 24.0 Å². The van der Waals surface area contributed by atoms with Crippen molar-refractivity contribution >= 4 is 6.41 Å². The Labute approximate surface area is 104 Å². The highest BCUT2D eigenvalue weighted by Crippen LogP contribution is 2.31. The molecule has 0 spiro atoms. The van der Waals surface area contributed by atoms with E-state index in [1.54, 1.807) is 0 Å². The van der Waals surface area contributed by atoms with Crippen molar-refractivity contribution < 1.29 is 4.79 Å². The molecular formula is C15H21NO. The summed E-state index contributed by atoms with van der Waals surface area (Å²) in [4.78, 5) is 13.2. The summed E-state index contributed by atoms with van der Waals surface area (Å²) in [6, 6.07) is 8.84. The number of hydrogen-bond acceptors (Lipinski definition) is 1. The lowest BCUT2D eigenvalue weighted by atomic mass is 9.95. The summed E-state index contributed by atoms with van der Waals surface area (Å²) in [5.41, 5.74) is 2.73. The second kappa shape index (κ2) is 5.85. The number of carbonyl (C=O) groups excluding carboxylic acids is 1. The zero-order valence-corrected chi connectivity index (χ0v) is 10.6. The van der Waals surface area contributed by atoms with Crippen LogP contribution in [-0.2, 0) is 11.2 Å². The van der Waals surface area contributed by atoms with Crippen LogP contribution in [0.3, 0.4) is 0 Å². The summed E-state index contributed by atoms with van der Waals surface area (Å²) < 4.78 is 0. The SMILES string of the molecule is CCc1ccccc1[C@@H]1CCCCCN1C=O. The molecule has 0 aromatic heterocycles. The zero-order valence-electron chi connectivity index (χ0n) is 10.6. The molecule has 92 valence electrons. The van der Waals surface area contributed by atoms with Crippen LogP contribution in [0.1, 0.15) is 49.8 Å². The minimum absolute atomic E-state index is 0.297. The highest BCUT2D eigenvalue weighted by atomic mass is 16.1. The molecule has 0 bridgehead atoms. The predicted molar refractivity (Wildman–Crippen MR) is 69.8 cm³/mol. The van der Waals surface area contributed by atoms with E-state index < -0.39 is 0 Å². The minimum Gasteiger partial charge on any atom is -0.338 e. The Kier molecular flexibility index (Phi) is 4.18. The fourth-order valence-corrected chi connectivity index (χ4v) is 2.77. The maximum atomic E-state index is 11.2. The third kappa shape index (κ3) is 2.68. The fraction of sp³-hybridized carbons (Fsp3) is 0.533. The first-order valence-corrected chi connectivity index (χ1v) is 6.65. The Hall–Kier alpha value is -1.31. The molecule has 2 heteroatoms. The highest BCUT2D eigenvalue weighted by Gasteiger charge is 2.22. The highest BCUT2D eigenvalue weighted by molar-refractivity contribution is 5.49. The lowest BCUT2D eigenvalue weighted by Gasteiger charge is -2.28. The molecule has 1 aromatic carbocycles. The molecule has 1 aliphatic heterocycles. The van der Waals surface area contributed by atoms with Gasteiger partial charge in [0.05, 0.1) is 6.04 Å². The summed E-state index contributed by atoms with van der Waals surface area (Å²) in [6.07, 6.45) is 6.79. The van der Waals surface area contributed by atoms with Crippen LogP contribution in [0, 0.1) is 0 Å². The number of likely N-dealkylation sites (tertiary alicyclic amines) is 1. The van der Waals surface area contributed by atoms with E-state index in [4.69, 9.17) is 0 Å². The third-order valence-electron chi connectivity index (χ3n) is 3.72. The van der Waals surface area contributed by atoms with E-state index in [1.807, 2.05) is 4.90 Å². The number of benzene rings is 1. The van der Waals surface area contributed by atoms with Gasteiger partial charge in [0.15, 0.2) is 0 Å². The monoisotopic (exact) mass is 231 g/mol. The van der Waals surface area contributed by atoms with Crippen molar-refractivity contribution in [3.63, 3.8) is 0 Å². The lowest BCUT2D eigenvalue weighted by molar-refractivity contribution is -0.120. The predicted octanol–water partition coefficient (Wildman–Crippen LogP) is 3.32. The lowest BCUT2D eigenvalue weighted by Crippen LogP contribution is -2.27. The van der Waals surface area contributed by atoms with Gasteiger partial charge in [0.1, 0.15) is 0 Å². The molecule has 1 aliphatic rings. The smallest absolute Gasteiger partial charge is 0.210 e. The van der Waals surface area contributed by atoms with Gasteiger partial charge >= 0.3 is 0 Å². The van der Waals surface area contributed by atoms with Gasteiger partial charge in [-0.1, -0.05) is 44.0 Å². The third-order valence-corrected chi connectivity index (χ3v) is 3.72. The molecule has 1 aromatic rings. The van der Waals surface area contributed by atoms with Crippen LogP contribution in [0.2, 0.25) is 0 Å². The number of rotatable bonds is 3. The molecule has 0 aliphatic carbocycles. The maximum absolute atomic E-state index is 11.2. The largest absolute Gasteiger partial charge is 0.338 e. The minimum atomic E-state index is 0.297. The molecular weight excluding hydrogens is 210 g/mol. The number of carbonyl (C=O) groups is 1. The molecule has 2 nitrogen and oxygen atoms in total. The van der Waals surface area contributed by atoms with E-state index in [2.05, 4.69) is 31.2 Å². The van der Waals surface area contributed by atoms with Crippen molar-refractivity contribution in [1.29, 1.82) is 0 Å². The Balaban J connectivity index is 2.31. The molecule has 0 saturated carbocycles. The zero-order chi connectivity index (χ0) is 12.1. The number of hydrogen-bond donors (Lipinski definition) is 0. The van der Waals surface area contributed by atoms with Crippen LogP contribution in [0.15, 0.2) is 24.3 Å². The summed E-state index contributed by atoms with van der Waals surface area (Å²) in [5, 5.41) is 0. The van der Waals surface area contributed by atoms with Gasteiger partial charge in [0, 0.05) is 6.54 Å². The molecule has 1 fully saturated rings. The molecule has 1 atom stereocenters. The van der Waals surface area contributed by atoms with E-state index in [0.717, 1.165) is 32.2 Å². The van der Waals surface area contributed by atoms with Crippen molar-refractivity contribution in [2.75, 3.05) is 6.54 Å². The van der Waals surface area contributed by atoms with Crippen LogP contribution in [0.5, 0.6) is 0 Å². The Bertz CT molecular complexity index is 375. The van der Waals surface area contributed by atoms with Crippen LogP contribution in [0.25, 0.3) is 0 Å². The molecule has 17 heavy (non-hydrogen) atoms. The second-order valence-corrected chi connectivity index (χ2v) is 4.76. The Morgan fingerprint density at radius 2 is 2.12 bits per heavy atom. The molecule has 2 rings (SSSR count). The number of nitrogens with zero attached hydrogens (tertiary/aromatic N) is 1. The van der Waals surface area contributed by atoms with Gasteiger partial charge in [-0.3, -0.25) is 4.79 Å². The molecule has 1 saturated heterocycles. The molecule has 1 amide bonds. The summed E-state index contributed by atoms with van der Waals surface area (Å²) in [6.45, 7) is 3.09. The molecule has 0 radical (unpaired) electrons. The summed E-state index contributed by atoms with van der Waals surface area (Å²) in [5.74, 6) is 0. The van der Waals surface area contributed by atoms with Gasteiger partial charge in [-0.2, -0.15) is 0 Å². The molecule has 1 heterocycles. The van der Waals surface area contributed by atoms with E-state index in [0.29, 0.717) is 6.04 Å². The number of amides is 1. The second-order valence-electron chi connectivity index (χ2n) is 4.76. The quantitative estimate of drug-likeness (QED) is 0.731. The van der Waals surface area contributed by atoms with Crippen molar-refractivity contribution in [3.8, 4) is 0 Å². The first kappa shape index (κ1) is 12.2. The maximum Gasteiger partial charge on any atom is 0.210 e. The van der Waals surface area contributed by atoms with Crippen LogP contribution < -0.4 is 0 Å². The van der Waals surface area contributed by atoms with Gasteiger partial charge in [0.25, 0.3) is 0 Å². The van der Waals surface area contributed by atoms with Crippen molar-refractivity contribution in [1.82, 2.24) is 4.90 Å². The van der Waals surface area contributed by atoms with Crippen LogP contribution in [-0.4, -0.2) is 17.9 Å². The van der Waals surface area contributed by atoms with Gasteiger partial charge in [-0.05, 0) is 30.4 Å². The van der Waals surface area contributed by atoms with E-state index >= 15 is 0 Å². The topological polar surface area (TPSA) is 20.3 Å². The fourth-order valence-electron chi connectivity index (χ4n) is 2.77. The normalized spacial score (nSPS) is 21.0. The average Bonchev–Trinajstić information content (AvgIpc) is 2.63. The van der Waals surface area contributed by atoms with Crippen LogP contribution >= 0.6 is 0 Å². The van der Waals surface area contributed by atoms with Crippen molar-refractivity contribution in [2.45, 2.75) is 45.1 Å². The van der Waals surface area contributed by atoms with E-state index in [-0.39, 0.29) is 0 Å².